The summed E-state index contributed by atoms with van der Waals surface area (Å²) >= 11 is 0. The number of hydrogen-bond donors (Lipinski definition) is 0. The Kier molecular flexibility index (Phi) is 6.16. The van der Waals surface area contributed by atoms with Crippen molar-refractivity contribution < 1.29 is 4.42 Å². The van der Waals surface area contributed by atoms with E-state index in [0.29, 0.717) is 0 Å². The molecule has 0 fully saturated rings. The van der Waals surface area contributed by atoms with Gasteiger partial charge < -0.3 is 4.42 Å². The highest BCUT2D eigenvalue weighted by Gasteiger charge is 2.15. The number of aryl methyl sites for hydroxylation is 2. The summed E-state index contributed by atoms with van der Waals surface area (Å²) < 4.78 is 6.23. The van der Waals surface area contributed by atoms with Crippen molar-refractivity contribution in [1.82, 2.24) is 0 Å². The van der Waals surface area contributed by atoms with Gasteiger partial charge in [-0.2, -0.15) is 0 Å². The zero-order valence-electron chi connectivity index (χ0n) is 23.2. The van der Waals surface area contributed by atoms with Crippen LogP contribution in [0.3, 0.4) is 0 Å². The molecular formula is C40H30O. The van der Waals surface area contributed by atoms with E-state index in [1.165, 1.54) is 59.8 Å². The van der Waals surface area contributed by atoms with Crippen LogP contribution in [0.2, 0.25) is 0 Å². The summed E-state index contributed by atoms with van der Waals surface area (Å²) in [6.07, 6.45) is 7.67. The number of fused-ring (bicyclic) bond motifs is 1. The lowest BCUT2D eigenvalue weighted by atomic mass is 9.89. The third kappa shape index (κ3) is 4.28. The lowest BCUT2D eigenvalue weighted by Crippen LogP contribution is -1.89. The summed E-state index contributed by atoms with van der Waals surface area (Å²) in [4.78, 5) is 0. The van der Waals surface area contributed by atoms with E-state index in [9.17, 15) is 0 Å². The fourth-order valence-electron chi connectivity index (χ4n) is 6.19. The second kappa shape index (κ2) is 10.1. The third-order valence-corrected chi connectivity index (χ3v) is 8.26. The molecule has 196 valence electrons. The number of benzene rings is 6. The summed E-state index contributed by atoms with van der Waals surface area (Å²) in [5.74, 6) is 1.81. The van der Waals surface area contributed by atoms with Crippen molar-refractivity contribution in [2.45, 2.75) is 19.8 Å². The van der Waals surface area contributed by atoms with Crippen LogP contribution in [-0.2, 0) is 6.42 Å². The number of rotatable bonds is 7. The minimum Gasteiger partial charge on any atom is -0.461 e. The molecule has 6 aromatic carbocycles. The van der Waals surface area contributed by atoms with Crippen molar-refractivity contribution >= 4 is 48.7 Å². The molecule has 1 nitrogen and oxygen atoms in total. The fourth-order valence-corrected chi connectivity index (χ4v) is 6.19. The molecule has 41 heavy (non-hydrogen) atoms. The fraction of sp³-hybridized carbons (Fsp3) is 0.0750. The number of hydrogen-bond acceptors (Lipinski definition) is 1. The summed E-state index contributed by atoms with van der Waals surface area (Å²) in [5.41, 5.74) is 8.70. The van der Waals surface area contributed by atoms with Crippen LogP contribution < -0.4 is 0 Å². The SMILES string of the molecule is C=C=C/C=C(/c1ccc2cc(-c3ccc4ccc5cccc6ccc3c4c56)ccc2c1)c1cc(CCC=C)c(C)o1. The molecule has 0 radical (unpaired) electrons. The van der Waals surface area contributed by atoms with Crippen LogP contribution in [0, 0.1) is 6.92 Å². The molecule has 0 saturated carbocycles. The second-order valence-corrected chi connectivity index (χ2v) is 10.7. The summed E-state index contributed by atoms with van der Waals surface area (Å²) in [6, 6.07) is 35.7. The minimum atomic E-state index is 0.859. The molecule has 0 atom stereocenters. The zero-order chi connectivity index (χ0) is 27.9. The molecule has 0 saturated heterocycles. The molecule has 1 aromatic heterocycles. The highest BCUT2D eigenvalue weighted by Crippen LogP contribution is 2.40. The van der Waals surface area contributed by atoms with Gasteiger partial charge >= 0.3 is 0 Å². The molecular weight excluding hydrogens is 496 g/mol. The van der Waals surface area contributed by atoms with Gasteiger partial charge in [-0.25, -0.2) is 0 Å². The molecule has 0 unspecified atom stereocenters. The Balaban J connectivity index is 1.32. The molecule has 0 amide bonds. The summed E-state index contributed by atoms with van der Waals surface area (Å²) in [6.45, 7) is 9.65. The zero-order valence-corrected chi connectivity index (χ0v) is 23.2. The largest absolute Gasteiger partial charge is 0.461 e. The van der Waals surface area contributed by atoms with Gasteiger partial charge in [0.2, 0.25) is 0 Å². The van der Waals surface area contributed by atoms with E-state index < -0.39 is 0 Å². The summed E-state index contributed by atoms with van der Waals surface area (Å²) in [7, 11) is 0. The van der Waals surface area contributed by atoms with Crippen molar-refractivity contribution in [1.29, 1.82) is 0 Å². The lowest BCUT2D eigenvalue weighted by molar-refractivity contribution is 0.518. The maximum atomic E-state index is 6.23. The topological polar surface area (TPSA) is 13.1 Å². The van der Waals surface area contributed by atoms with Gasteiger partial charge in [-0.3, -0.25) is 0 Å². The second-order valence-electron chi connectivity index (χ2n) is 10.7. The molecule has 0 aliphatic rings. The number of allylic oxidation sites excluding steroid dienone is 3. The van der Waals surface area contributed by atoms with Gasteiger partial charge in [0.25, 0.3) is 0 Å². The summed E-state index contributed by atoms with van der Waals surface area (Å²) in [5, 5.41) is 10.3. The van der Waals surface area contributed by atoms with Gasteiger partial charge in [-0.1, -0.05) is 91.5 Å². The molecule has 0 bridgehead atoms. The quantitative estimate of drug-likeness (QED) is 0.0871. The van der Waals surface area contributed by atoms with Crippen molar-refractivity contribution in [3.63, 3.8) is 0 Å². The maximum Gasteiger partial charge on any atom is 0.135 e. The first-order valence-electron chi connectivity index (χ1n) is 14.1. The van der Waals surface area contributed by atoms with Gasteiger partial charge in [0.05, 0.1) is 0 Å². The van der Waals surface area contributed by atoms with Crippen LogP contribution in [0.5, 0.6) is 0 Å². The van der Waals surface area contributed by atoms with Crippen molar-refractivity contribution in [3.8, 4) is 11.1 Å². The molecule has 7 aromatic rings. The monoisotopic (exact) mass is 526 g/mol. The first-order valence-corrected chi connectivity index (χ1v) is 14.1. The van der Waals surface area contributed by atoms with E-state index in [0.717, 1.165) is 35.5 Å². The van der Waals surface area contributed by atoms with Gasteiger partial charge in [0, 0.05) is 5.57 Å². The van der Waals surface area contributed by atoms with Crippen LogP contribution in [0.1, 0.15) is 29.1 Å². The third-order valence-electron chi connectivity index (χ3n) is 8.26. The molecule has 1 heteroatoms. The molecule has 7 rings (SSSR count). The smallest absolute Gasteiger partial charge is 0.135 e. The standard InChI is InChI=1S/C40H30O/c1-4-6-9-30-25-38(41-26(30)3)36(12-7-5-2)34-18-16-31-23-33(17-15-32(31)24-34)35-21-19-29-14-13-27-10-8-11-28-20-22-37(35)40(29)39(27)28/h4,7-8,10-25H,1-2,6,9H2,3H3/b36-12-. The van der Waals surface area contributed by atoms with E-state index in [2.05, 4.69) is 116 Å². The normalized spacial score (nSPS) is 12.0. The maximum absolute atomic E-state index is 6.23. The van der Waals surface area contributed by atoms with E-state index >= 15 is 0 Å². The van der Waals surface area contributed by atoms with Crippen LogP contribution in [0.25, 0.3) is 59.8 Å². The van der Waals surface area contributed by atoms with Gasteiger partial charge in [0.1, 0.15) is 11.5 Å². The van der Waals surface area contributed by atoms with E-state index in [1.807, 2.05) is 25.2 Å². The Hall–Kier alpha value is -5.10. The molecule has 0 aliphatic heterocycles. The Bertz CT molecular complexity index is 2160. The Morgan fingerprint density at radius 2 is 1.49 bits per heavy atom. The molecule has 0 aliphatic carbocycles. The Morgan fingerprint density at radius 1 is 0.780 bits per heavy atom. The predicted molar refractivity (Wildman–Crippen MR) is 176 cm³/mol. The Labute approximate surface area is 240 Å². The van der Waals surface area contributed by atoms with E-state index in [1.54, 1.807) is 0 Å². The van der Waals surface area contributed by atoms with Crippen LogP contribution >= 0.6 is 0 Å². The average molecular weight is 527 g/mol. The number of furan rings is 1. The minimum absolute atomic E-state index is 0.859. The first-order chi connectivity index (χ1) is 20.1. The average Bonchev–Trinajstić information content (AvgIpc) is 3.38. The van der Waals surface area contributed by atoms with E-state index in [-0.39, 0.29) is 0 Å². The van der Waals surface area contributed by atoms with Crippen molar-refractivity contribution in [3.05, 3.63) is 157 Å². The van der Waals surface area contributed by atoms with Crippen molar-refractivity contribution in [2.24, 2.45) is 0 Å². The van der Waals surface area contributed by atoms with E-state index in [4.69, 9.17) is 4.42 Å². The Morgan fingerprint density at radius 3 is 2.29 bits per heavy atom. The van der Waals surface area contributed by atoms with Crippen LogP contribution in [0.4, 0.5) is 0 Å². The van der Waals surface area contributed by atoms with Crippen LogP contribution in [-0.4, -0.2) is 0 Å². The predicted octanol–water partition coefficient (Wildman–Crippen LogP) is 11.2. The lowest BCUT2D eigenvalue weighted by Gasteiger charge is -2.14. The molecule has 1 heterocycles. The first kappa shape index (κ1) is 24.9. The highest BCUT2D eigenvalue weighted by molar-refractivity contribution is 6.25. The van der Waals surface area contributed by atoms with Crippen molar-refractivity contribution in [2.75, 3.05) is 0 Å². The van der Waals surface area contributed by atoms with Crippen LogP contribution in [0.15, 0.2) is 139 Å². The highest BCUT2D eigenvalue weighted by atomic mass is 16.3. The van der Waals surface area contributed by atoms with Gasteiger partial charge in [-0.15, -0.1) is 12.3 Å². The van der Waals surface area contributed by atoms with Gasteiger partial charge in [0.15, 0.2) is 0 Å². The molecule has 0 N–H and O–H groups in total. The molecule has 0 spiro atoms. The van der Waals surface area contributed by atoms with Gasteiger partial charge in [-0.05, 0) is 115 Å².